The minimum atomic E-state index is -0.239. The first-order valence-electron chi connectivity index (χ1n) is 6.11. The SMILES string of the molecule is NC(c1cccnc1)c1ccnn1-c1ccccc1. The van der Waals surface area contributed by atoms with Crippen LogP contribution in [-0.4, -0.2) is 14.8 Å². The second-order valence-corrected chi connectivity index (χ2v) is 4.27. The number of hydrogen-bond donors (Lipinski definition) is 1. The van der Waals surface area contributed by atoms with E-state index in [9.17, 15) is 0 Å². The molecule has 0 saturated carbocycles. The van der Waals surface area contributed by atoms with Crippen LogP contribution < -0.4 is 5.73 Å². The number of pyridine rings is 1. The Morgan fingerprint density at radius 2 is 1.79 bits per heavy atom. The van der Waals surface area contributed by atoms with Crippen molar-refractivity contribution in [3.8, 4) is 5.69 Å². The molecule has 1 atom stereocenters. The molecule has 2 heterocycles. The van der Waals surface area contributed by atoms with Crippen molar-refractivity contribution < 1.29 is 0 Å². The highest BCUT2D eigenvalue weighted by Gasteiger charge is 2.14. The Morgan fingerprint density at radius 3 is 2.53 bits per heavy atom. The molecule has 2 aromatic heterocycles. The Hall–Kier alpha value is -2.46. The second kappa shape index (κ2) is 5.04. The van der Waals surface area contributed by atoms with Crippen LogP contribution in [0.15, 0.2) is 67.1 Å². The Bertz CT molecular complexity index is 646. The summed E-state index contributed by atoms with van der Waals surface area (Å²) in [6.45, 7) is 0. The minimum absolute atomic E-state index is 0.239. The lowest BCUT2D eigenvalue weighted by atomic mass is 10.1. The normalized spacial score (nSPS) is 12.3. The Labute approximate surface area is 111 Å². The van der Waals surface area contributed by atoms with Crippen LogP contribution in [-0.2, 0) is 0 Å². The number of benzene rings is 1. The number of para-hydroxylation sites is 1. The molecule has 3 rings (SSSR count). The monoisotopic (exact) mass is 250 g/mol. The maximum atomic E-state index is 6.30. The molecular weight excluding hydrogens is 236 g/mol. The van der Waals surface area contributed by atoms with E-state index < -0.39 is 0 Å². The summed E-state index contributed by atoms with van der Waals surface area (Å²) in [5.74, 6) is 0. The molecule has 3 aromatic rings. The van der Waals surface area contributed by atoms with Crippen molar-refractivity contribution in [1.82, 2.24) is 14.8 Å². The predicted molar refractivity (Wildman–Crippen MR) is 73.8 cm³/mol. The third kappa shape index (κ3) is 2.26. The van der Waals surface area contributed by atoms with Gasteiger partial charge in [0.25, 0.3) is 0 Å². The molecule has 0 aliphatic rings. The van der Waals surface area contributed by atoms with Crippen LogP contribution in [0.3, 0.4) is 0 Å². The van der Waals surface area contributed by atoms with E-state index in [1.54, 1.807) is 18.6 Å². The number of aromatic nitrogens is 3. The molecule has 1 aromatic carbocycles. The summed E-state index contributed by atoms with van der Waals surface area (Å²) in [6.07, 6.45) is 5.29. The van der Waals surface area contributed by atoms with Gasteiger partial charge < -0.3 is 5.73 Å². The molecule has 0 aliphatic heterocycles. The van der Waals surface area contributed by atoms with Crippen LogP contribution in [0.2, 0.25) is 0 Å². The summed E-state index contributed by atoms with van der Waals surface area (Å²) in [7, 11) is 0. The fourth-order valence-corrected chi connectivity index (χ4v) is 2.06. The summed E-state index contributed by atoms with van der Waals surface area (Å²) >= 11 is 0. The zero-order valence-corrected chi connectivity index (χ0v) is 10.3. The van der Waals surface area contributed by atoms with Crippen molar-refractivity contribution >= 4 is 0 Å². The van der Waals surface area contributed by atoms with Crippen molar-refractivity contribution in [3.05, 3.63) is 78.4 Å². The molecule has 0 saturated heterocycles. The number of nitrogens with two attached hydrogens (primary N) is 1. The van der Waals surface area contributed by atoms with Gasteiger partial charge in [0, 0.05) is 18.6 Å². The standard InChI is InChI=1S/C15H14N4/c16-15(12-5-4-9-17-11-12)14-8-10-18-19(14)13-6-2-1-3-7-13/h1-11,15H,16H2. The van der Waals surface area contributed by atoms with Crippen LogP contribution in [0.1, 0.15) is 17.3 Å². The quantitative estimate of drug-likeness (QED) is 0.776. The number of nitrogens with zero attached hydrogens (tertiary/aromatic N) is 3. The zero-order valence-electron chi connectivity index (χ0n) is 10.3. The summed E-state index contributed by atoms with van der Waals surface area (Å²) in [6, 6.07) is 15.5. The van der Waals surface area contributed by atoms with E-state index in [0.29, 0.717) is 0 Å². The highest BCUT2D eigenvalue weighted by molar-refractivity contribution is 5.35. The van der Waals surface area contributed by atoms with Crippen molar-refractivity contribution in [2.75, 3.05) is 0 Å². The van der Waals surface area contributed by atoms with Gasteiger partial charge in [-0.3, -0.25) is 4.98 Å². The van der Waals surface area contributed by atoms with Gasteiger partial charge >= 0.3 is 0 Å². The molecular formula is C15H14N4. The van der Waals surface area contributed by atoms with Crippen molar-refractivity contribution in [2.24, 2.45) is 5.73 Å². The van der Waals surface area contributed by atoms with Gasteiger partial charge in [-0.05, 0) is 29.8 Å². The van der Waals surface area contributed by atoms with Gasteiger partial charge in [0.2, 0.25) is 0 Å². The second-order valence-electron chi connectivity index (χ2n) is 4.27. The van der Waals surface area contributed by atoms with Gasteiger partial charge in [0.15, 0.2) is 0 Å². The first-order valence-corrected chi connectivity index (χ1v) is 6.11. The molecule has 0 aliphatic carbocycles. The largest absolute Gasteiger partial charge is 0.319 e. The van der Waals surface area contributed by atoms with Crippen LogP contribution in [0.25, 0.3) is 5.69 Å². The number of rotatable bonds is 3. The summed E-state index contributed by atoms with van der Waals surface area (Å²) in [5.41, 5.74) is 9.22. The molecule has 0 fully saturated rings. The maximum absolute atomic E-state index is 6.30. The van der Waals surface area contributed by atoms with E-state index in [-0.39, 0.29) is 6.04 Å². The van der Waals surface area contributed by atoms with E-state index in [0.717, 1.165) is 16.9 Å². The lowest BCUT2D eigenvalue weighted by Gasteiger charge is -2.14. The third-order valence-electron chi connectivity index (χ3n) is 3.03. The fraction of sp³-hybridized carbons (Fsp3) is 0.0667. The average Bonchev–Trinajstić information content (AvgIpc) is 2.98. The lowest BCUT2D eigenvalue weighted by Crippen LogP contribution is -2.16. The fourth-order valence-electron chi connectivity index (χ4n) is 2.06. The van der Waals surface area contributed by atoms with Crippen LogP contribution in [0, 0.1) is 0 Å². The van der Waals surface area contributed by atoms with E-state index >= 15 is 0 Å². The highest BCUT2D eigenvalue weighted by atomic mass is 15.3. The lowest BCUT2D eigenvalue weighted by molar-refractivity contribution is 0.737. The predicted octanol–water partition coefficient (Wildman–Crippen LogP) is 2.32. The van der Waals surface area contributed by atoms with Gasteiger partial charge in [-0.15, -0.1) is 0 Å². The highest BCUT2D eigenvalue weighted by Crippen LogP contribution is 2.20. The summed E-state index contributed by atoms with van der Waals surface area (Å²) < 4.78 is 1.86. The zero-order chi connectivity index (χ0) is 13.1. The first kappa shape index (κ1) is 11.6. The van der Waals surface area contributed by atoms with E-state index in [2.05, 4.69) is 10.1 Å². The van der Waals surface area contributed by atoms with Gasteiger partial charge in [0.1, 0.15) is 0 Å². The van der Waals surface area contributed by atoms with Crippen molar-refractivity contribution in [2.45, 2.75) is 6.04 Å². The Balaban J connectivity index is 2.01. The Morgan fingerprint density at radius 1 is 0.947 bits per heavy atom. The molecule has 0 spiro atoms. The van der Waals surface area contributed by atoms with Crippen LogP contribution >= 0.6 is 0 Å². The molecule has 4 heteroatoms. The Kier molecular flexibility index (Phi) is 3.08. The molecule has 0 bridgehead atoms. The third-order valence-corrected chi connectivity index (χ3v) is 3.03. The first-order chi connectivity index (χ1) is 9.36. The van der Waals surface area contributed by atoms with E-state index in [1.807, 2.05) is 53.2 Å². The van der Waals surface area contributed by atoms with Gasteiger partial charge in [0.05, 0.1) is 17.4 Å². The van der Waals surface area contributed by atoms with Crippen LogP contribution in [0.4, 0.5) is 0 Å². The smallest absolute Gasteiger partial charge is 0.0742 e. The summed E-state index contributed by atoms with van der Waals surface area (Å²) in [5, 5.41) is 4.35. The van der Waals surface area contributed by atoms with Gasteiger partial charge in [-0.2, -0.15) is 5.10 Å². The molecule has 19 heavy (non-hydrogen) atoms. The maximum Gasteiger partial charge on any atom is 0.0742 e. The van der Waals surface area contributed by atoms with Crippen molar-refractivity contribution in [1.29, 1.82) is 0 Å². The van der Waals surface area contributed by atoms with Crippen molar-refractivity contribution in [3.63, 3.8) is 0 Å². The number of hydrogen-bond acceptors (Lipinski definition) is 3. The van der Waals surface area contributed by atoms with Gasteiger partial charge in [-0.25, -0.2) is 4.68 Å². The molecule has 4 nitrogen and oxygen atoms in total. The topological polar surface area (TPSA) is 56.7 Å². The molecule has 2 N–H and O–H groups in total. The van der Waals surface area contributed by atoms with E-state index in [1.165, 1.54) is 0 Å². The van der Waals surface area contributed by atoms with Gasteiger partial charge in [-0.1, -0.05) is 24.3 Å². The van der Waals surface area contributed by atoms with E-state index in [4.69, 9.17) is 5.73 Å². The molecule has 0 radical (unpaired) electrons. The molecule has 0 amide bonds. The molecule has 94 valence electrons. The average molecular weight is 250 g/mol. The summed E-state index contributed by atoms with van der Waals surface area (Å²) in [4.78, 5) is 4.11. The van der Waals surface area contributed by atoms with Crippen LogP contribution in [0.5, 0.6) is 0 Å². The molecule has 1 unspecified atom stereocenters. The minimum Gasteiger partial charge on any atom is -0.319 e.